The zero-order valence-electron chi connectivity index (χ0n) is 20.1. The van der Waals surface area contributed by atoms with Crippen LogP contribution in [0.3, 0.4) is 0 Å². The van der Waals surface area contributed by atoms with Crippen molar-refractivity contribution >= 4 is 33.9 Å². The summed E-state index contributed by atoms with van der Waals surface area (Å²) < 4.78 is 28.3. The predicted molar refractivity (Wildman–Crippen MR) is 134 cm³/mol. The van der Waals surface area contributed by atoms with Gasteiger partial charge in [0, 0.05) is 30.5 Å². The van der Waals surface area contributed by atoms with Crippen molar-refractivity contribution < 1.29 is 23.2 Å². The number of hydroxylamine groups is 2. The molecule has 8 nitrogen and oxygen atoms in total. The normalized spacial score (nSPS) is 21.0. The molecule has 0 bridgehead atoms. The van der Waals surface area contributed by atoms with E-state index < -0.39 is 15.7 Å². The summed E-state index contributed by atoms with van der Waals surface area (Å²) in [6.07, 6.45) is 1.71. The lowest BCUT2D eigenvalue weighted by molar-refractivity contribution is -0.205. The van der Waals surface area contributed by atoms with E-state index >= 15 is 0 Å². The Hall–Kier alpha value is -2.46. The van der Waals surface area contributed by atoms with Crippen LogP contribution < -0.4 is 5.32 Å². The minimum atomic E-state index is -4.06. The molecule has 35 heavy (non-hydrogen) atoms. The molecule has 2 atom stereocenters. The first-order chi connectivity index (χ1) is 16.5. The maximum absolute atomic E-state index is 13.6. The average molecular weight is 522 g/mol. The molecule has 3 rings (SSSR count). The quantitative estimate of drug-likeness (QED) is 0.291. The number of nitrogens with one attached hydrogen (secondary N) is 1. The molecule has 1 saturated heterocycles. The highest BCUT2D eigenvalue weighted by Gasteiger charge is 2.49. The van der Waals surface area contributed by atoms with Gasteiger partial charge in [-0.2, -0.15) is 4.31 Å². The fourth-order valence-corrected chi connectivity index (χ4v) is 6.20. The van der Waals surface area contributed by atoms with E-state index in [1.165, 1.54) is 19.1 Å². The minimum Gasteiger partial charge on any atom is -0.353 e. The molecule has 0 spiro atoms. The largest absolute Gasteiger partial charge is 0.353 e. The number of halogens is 1. The van der Waals surface area contributed by atoms with Crippen LogP contribution in [0.5, 0.6) is 0 Å². The second kappa shape index (κ2) is 11.1. The van der Waals surface area contributed by atoms with Crippen LogP contribution >= 0.6 is 11.6 Å². The van der Waals surface area contributed by atoms with Gasteiger partial charge in [-0.1, -0.05) is 49.7 Å². The lowest BCUT2D eigenvalue weighted by Gasteiger charge is -2.48. The third kappa shape index (κ3) is 6.22. The van der Waals surface area contributed by atoms with E-state index in [-0.39, 0.29) is 36.2 Å². The molecular weight excluding hydrogens is 490 g/mol. The third-order valence-corrected chi connectivity index (χ3v) is 8.65. The van der Waals surface area contributed by atoms with E-state index in [0.29, 0.717) is 28.8 Å². The summed E-state index contributed by atoms with van der Waals surface area (Å²) in [6, 6.07) is 13.2. The Labute approximate surface area is 211 Å². The summed E-state index contributed by atoms with van der Waals surface area (Å²) in [6.45, 7) is 5.57. The molecule has 0 aliphatic carbocycles. The van der Waals surface area contributed by atoms with Crippen molar-refractivity contribution in [1.29, 1.82) is 0 Å². The van der Waals surface area contributed by atoms with Crippen molar-refractivity contribution in [2.24, 2.45) is 5.92 Å². The topological polar surface area (TPSA) is 107 Å². The standard InChI is InChI=1S/C25H32ClN3O5S/c1-18(2)4-13-24(31)27-22-14-15-29(25(3,16-22)28(32)17-30)35(33,34)23-11-7-20(8-12-23)19-5-9-21(26)10-6-19/h5-12,17-18,22,32H,4,13-16H2,1-3H3,(H,27,31)/t22-,25-/m1/s1. The molecule has 0 radical (unpaired) electrons. The van der Waals surface area contributed by atoms with Crippen LogP contribution in [-0.4, -0.2) is 53.6 Å². The van der Waals surface area contributed by atoms with E-state index in [9.17, 15) is 23.2 Å². The molecular formula is C25H32ClN3O5S. The van der Waals surface area contributed by atoms with Gasteiger partial charge in [-0.15, -0.1) is 0 Å². The van der Waals surface area contributed by atoms with Gasteiger partial charge in [0.15, 0.2) is 0 Å². The van der Waals surface area contributed by atoms with Gasteiger partial charge in [-0.05, 0) is 61.1 Å². The van der Waals surface area contributed by atoms with Crippen molar-refractivity contribution in [2.45, 2.75) is 63.1 Å². The van der Waals surface area contributed by atoms with Gasteiger partial charge in [0.25, 0.3) is 0 Å². The monoisotopic (exact) mass is 521 g/mol. The van der Waals surface area contributed by atoms with Crippen molar-refractivity contribution in [2.75, 3.05) is 6.54 Å². The van der Waals surface area contributed by atoms with E-state index in [4.69, 9.17) is 11.6 Å². The first kappa shape index (κ1) is 27.1. The first-order valence-corrected chi connectivity index (χ1v) is 13.4. The first-order valence-electron chi connectivity index (χ1n) is 11.6. The van der Waals surface area contributed by atoms with Gasteiger partial charge in [0.1, 0.15) is 5.66 Å². The number of rotatable bonds is 9. The number of hydrogen-bond donors (Lipinski definition) is 2. The molecule has 2 amide bonds. The Bertz CT molecular complexity index is 1140. The molecule has 1 heterocycles. The number of sulfonamides is 1. The van der Waals surface area contributed by atoms with E-state index in [1.807, 2.05) is 26.0 Å². The third-order valence-electron chi connectivity index (χ3n) is 6.38. The average Bonchev–Trinajstić information content (AvgIpc) is 2.82. The highest BCUT2D eigenvalue weighted by molar-refractivity contribution is 7.89. The zero-order chi connectivity index (χ0) is 25.8. The smallest absolute Gasteiger partial charge is 0.245 e. The summed E-state index contributed by atoms with van der Waals surface area (Å²) >= 11 is 5.94. The lowest BCUT2D eigenvalue weighted by Crippen LogP contribution is -2.65. The molecule has 0 aromatic heterocycles. The Morgan fingerprint density at radius 1 is 1.20 bits per heavy atom. The fourth-order valence-electron chi connectivity index (χ4n) is 4.32. The molecule has 0 unspecified atom stereocenters. The van der Waals surface area contributed by atoms with Gasteiger partial charge in [0.05, 0.1) is 4.90 Å². The molecule has 1 fully saturated rings. The van der Waals surface area contributed by atoms with Crippen LogP contribution in [0.4, 0.5) is 0 Å². The summed E-state index contributed by atoms with van der Waals surface area (Å²) in [5.41, 5.74) is 0.145. The highest BCUT2D eigenvalue weighted by Crippen LogP contribution is 2.35. The molecule has 1 aliphatic heterocycles. The van der Waals surface area contributed by atoms with E-state index in [1.54, 1.807) is 24.3 Å². The van der Waals surface area contributed by atoms with Crippen molar-refractivity contribution in [3.63, 3.8) is 0 Å². The maximum Gasteiger partial charge on any atom is 0.245 e. The molecule has 2 aromatic carbocycles. The van der Waals surface area contributed by atoms with Crippen molar-refractivity contribution in [3.8, 4) is 11.1 Å². The Kier molecular flexibility index (Phi) is 8.58. The van der Waals surface area contributed by atoms with Crippen LogP contribution in [0.1, 0.15) is 46.5 Å². The van der Waals surface area contributed by atoms with Crippen LogP contribution in [0.15, 0.2) is 53.4 Å². The molecule has 2 N–H and O–H groups in total. The number of benzene rings is 2. The molecule has 0 saturated carbocycles. The van der Waals surface area contributed by atoms with E-state index in [2.05, 4.69) is 5.32 Å². The zero-order valence-corrected chi connectivity index (χ0v) is 21.7. The van der Waals surface area contributed by atoms with Crippen LogP contribution in [0.25, 0.3) is 11.1 Å². The minimum absolute atomic E-state index is 0.0256. The molecule has 2 aromatic rings. The predicted octanol–water partition coefficient (Wildman–Crippen LogP) is 4.28. The van der Waals surface area contributed by atoms with Gasteiger partial charge < -0.3 is 5.32 Å². The summed E-state index contributed by atoms with van der Waals surface area (Å²) in [5.74, 6) is 0.253. The number of amides is 2. The number of hydrogen-bond acceptors (Lipinski definition) is 5. The molecule has 190 valence electrons. The Balaban J connectivity index is 1.82. The maximum atomic E-state index is 13.6. The van der Waals surface area contributed by atoms with Gasteiger partial charge in [0.2, 0.25) is 22.3 Å². The second-order valence-electron chi connectivity index (χ2n) is 9.47. The number of piperidine rings is 1. The Morgan fingerprint density at radius 3 is 2.31 bits per heavy atom. The second-order valence-corrected chi connectivity index (χ2v) is 11.8. The highest BCUT2D eigenvalue weighted by atomic mass is 35.5. The lowest BCUT2D eigenvalue weighted by atomic mass is 9.94. The number of nitrogens with zero attached hydrogens (tertiary/aromatic N) is 2. The molecule has 1 aliphatic rings. The summed E-state index contributed by atoms with van der Waals surface area (Å²) in [4.78, 5) is 23.9. The van der Waals surface area contributed by atoms with Gasteiger partial charge >= 0.3 is 0 Å². The summed E-state index contributed by atoms with van der Waals surface area (Å²) in [7, 11) is -4.06. The SMILES string of the molecule is CC(C)CCC(=O)N[C@@H]1CCN(S(=O)(=O)c2ccc(-c3ccc(Cl)cc3)cc2)[C@@](C)(N(O)C=O)C1. The van der Waals surface area contributed by atoms with Crippen LogP contribution in [0, 0.1) is 5.92 Å². The van der Waals surface area contributed by atoms with Crippen molar-refractivity contribution in [1.82, 2.24) is 14.7 Å². The van der Waals surface area contributed by atoms with Crippen LogP contribution in [-0.2, 0) is 19.6 Å². The Morgan fingerprint density at radius 2 is 1.77 bits per heavy atom. The summed E-state index contributed by atoms with van der Waals surface area (Å²) in [5, 5.41) is 14.3. The van der Waals surface area contributed by atoms with Crippen molar-refractivity contribution in [3.05, 3.63) is 53.6 Å². The fraction of sp³-hybridized carbons (Fsp3) is 0.440. The number of carbonyl (C=O) groups is 2. The number of carbonyl (C=O) groups excluding carboxylic acids is 2. The van der Waals surface area contributed by atoms with Crippen LogP contribution in [0.2, 0.25) is 5.02 Å². The van der Waals surface area contributed by atoms with Gasteiger partial charge in [-0.3, -0.25) is 14.8 Å². The van der Waals surface area contributed by atoms with Gasteiger partial charge in [-0.25, -0.2) is 13.5 Å². The van der Waals surface area contributed by atoms with E-state index in [0.717, 1.165) is 21.9 Å². The molecule has 10 heteroatoms.